The van der Waals surface area contributed by atoms with Gasteiger partial charge in [0.05, 0.1) is 12.6 Å². The van der Waals surface area contributed by atoms with Crippen LogP contribution in [-0.2, 0) is 11.3 Å². The Morgan fingerprint density at radius 2 is 1.92 bits per heavy atom. The zero-order valence-electron chi connectivity index (χ0n) is 13.6. The Balaban J connectivity index is 1.96. The van der Waals surface area contributed by atoms with Crippen molar-refractivity contribution >= 4 is 28.0 Å². The quantitative estimate of drug-likeness (QED) is 0.521. The van der Waals surface area contributed by atoms with E-state index in [0.717, 1.165) is 22.0 Å². The molecule has 2 heterocycles. The number of esters is 1. The Kier molecular flexibility index (Phi) is 3.38. The minimum absolute atomic E-state index is 0.363. The Morgan fingerprint density at radius 3 is 2.71 bits per heavy atom. The van der Waals surface area contributed by atoms with Crippen molar-refractivity contribution in [1.29, 1.82) is 0 Å². The van der Waals surface area contributed by atoms with E-state index >= 15 is 0 Å². The highest BCUT2D eigenvalue weighted by atomic mass is 16.5. The lowest BCUT2D eigenvalue weighted by Crippen LogP contribution is -2.11. The van der Waals surface area contributed by atoms with Crippen LogP contribution in [0.25, 0.3) is 22.1 Å². The number of fused-ring (bicyclic) bond motifs is 3. The van der Waals surface area contributed by atoms with Gasteiger partial charge in [-0.3, -0.25) is 0 Å². The highest BCUT2D eigenvalue weighted by Gasteiger charge is 2.21. The second-order valence-electron chi connectivity index (χ2n) is 5.91. The molecular weight excluding hydrogens is 302 g/mol. The normalized spacial score (nSPS) is 11.2. The van der Waals surface area contributed by atoms with Crippen LogP contribution in [-0.4, -0.2) is 17.6 Å². The van der Waals surface area contributed by atoms with Crippen molar-refractivity contribution in [2.24, 2.45) is 0 Å². The lowest BCUT2D eigenvalue weighted by Gasteiger charge is -2.10. The lowest BCUT2D eigenvalue weighted by molar-refractivity contribution is 0.0589. The molecule has 0 aliphatic carbocycles. The van der Waals surface area contributed by atoms with Crippen LogP contribution >= 0.6 is 0 Å². The highest BCUT2D eigenvalue weighted by Crippen LogP contribution is 2.32. The van der Waals surface area contributed by atoms with Gasteiger partial charge in [0.25, 0.3) is 0 Å². The number of furan rings is 1. The van der Waals surface area contributed by atoms with Crippen LogP contribution in [0, 0.1) is 6.92 Å². The van der Waals surface area contributed by atoms with E-state index in [4.69, 9.17) is 9.15 Å². The van der Waals surface area contributed by atoms with E-state index in [0.29, 0.717) is 17.8 Å². The van der Waals surface area contributed by atoms with Crippen molar-refractivity contribution in [3.63, 3.8) is 0 Å². The molecule has 4 nitrogen and oxygen atoms in total. The van der Waals surface area contributed by atoms with Gasteiger partial charge in [0.1, 0.15) is 11.3 Å². The maximum absolute atomic E-state index is 12.2. The van der Waals surface area contributed by atoms with Gasteiger partial charge in [0.2, 0.25) is 0 Å². The molecule has 0 saturated carbocycles. The molecule has 0 saturated heterocycles. The van der Waals surface area contributed by atoms with Crippen molar-refractivity contribution in [2.75, 3.05) is 7.11 Å². The molecule has 0 radical (unpaired) electrons. The van der Waals surface area contributed by atoms with Gasteiger partial charge in [0, 0.05) is 18.0 Å². The molecule has 0 amide bonds. The van der Waals surface area contributed by atoms with Crippen molar-refractivity contribution in [3.8, 4) is 0 Å². The SMILES string of the molecule is COC(=O)c1cc2oc3ccccc3c2n1Cc1cccc(C)c1. The summed E-state index contributed by atoms with van der Waals surface area (Å²) in [6.07, 6.45) is 0. The molecule has 0 aliphatic heterocycles. The maximum atomic E-state index is 12.2. The third-order valence-corrected chi connectivity index (χ3v) is 4.24. The molecule has 0 spiro atoms. The molecule has 24 heavy (non-hydrogen) atoms. The number of aryl methyl sites for hydroxylation is 1. The minimum atomic E-state index is -0.363. The van der Waals surface area contributed by atoms with Gasteiger partial charge < -0.3 is 13.7 Å². The number of nitrogens with zero attached hydrogens (tertiary/aromatic N) is 1. The first-order valence-electron chi connectivity index (χ1n) is 7.82. The van der Waals surface area contributed by atoms with E-state index < -0.39 is 0 Å². The zero-order valence-corrected chi connectivity index (χ0v) is 13.6. The molecular formula is C20H17NO3. The first-order valence-corrected chi connectivity index (χ1v) is 7.82. The summed E-state index contributed by atoms with van der Waals surface area (Å²) in [7, 11) is 1.40. The first-order chi connectivity index (χ1) is 11.7. The Labute approximate surface area is 139 Å². The van der Waals surface area contributed by atoms with Crippen LogP contribution in [0.2, 0.25) is 0 Å². The molecule has 2 aromatic carbocycles. The van der Waals surface area contributed by atoms with Gasteiger partial charge in [-0.1, -0.05) is 42.0 Å². The topological polar surface area (TPSA) is 44.4 Å². The fourth-order valence-corrected chi connectivity index (χ4v) is 3.18. The van der Waals surface area contributed by atoms with Gasteiger partial charge >= 0.3 is 5.97 Å². The summed E-state index contributed by atoms with van der Waals surface area (Å²) in [6, 6.07) is 17.9. The fraction of sp³-hybridized carbons (Fsp3) is 0.150. The average Bonchev–Trinajstić information content (AvgIpc) is 3.11. The predicted octanol–water partition coefficient (Wildman–Crippen LogP) is 4.53. The molecule has 0 aliphatic rings. The molecule has 4 aromatic rings. The fourth-order valence-electron chi connectivity index (χ4n) is 3.18. The molecule has 2 aromatic heterocycles. The van der Waals surface area contributed by atoms with Crippen LogP contribution in [0.4, 0.5) is 0 Å². The minimum Gasteiger partial charge on any atom is -0.464 e. The molecule has 0 N–H and O–H groups in total. The standard InChI is InChI=1S/C20H17NO3/c1-13-6-5-7-14(10-13)12-21-16(20(22)23-2)11-18-19(21)15-8-3-4-9-17(15)24-18/h3-11H,12H2,1-2H3. The summed E-state index contributed by atoms with van der Waals surface area (Å²) < 4.78 is 12.8. The third kappa shape index (κ3) is 2.27. The number of hydrogen-bond acceptors (Lipinski definition) is 3. The van der Waals surface area contributed by atoms with Gasteiger partial charge in [-0.25, -0.2) is 4.79 Å². The number of aromatic nitrogens is 1. The number of methoxy groups -OCH3 is 1. The van der Waals surface area contributed by atoms with Gasteiger partial charge in [-0.2, -0.15) is 0 Å². The summed E-state index contributed by atoms with van der Waals surface area (Å²) in [5.74, 6) is -0.363. The molecule has 0 bridgehead atoms. The van der Waals surface area contributed by atoms with E-state index in [1.54, 1.807) is 6.07 Å². The van der Waals surface area contributed by atoms with Crippen molar-refractivity contribution in [1.82, 2.24) is 4.57 Å². The van der Waals surface area contributed by atoms with Crippen LogP contribution in [0.5, 0.6) is 0 Å². The van der Waals surface area contributed by atoms with E-state index in [9.17, 15) is 4.79 Å². The van der Waals surface area contributed by atoms with Crippen LogP contribution in [0.1, 0.15) is 21.6 Å². The van der Waals surface area contributed by atoms with Crippen LogP contribution < -0.4 is 0 Å². The number of hydrogen-bond donors (Lipinski definition) is 0. The summed E-state index contributed by atoms with van der Waals surface area (Å²) in [6.45, 7) is 2.64. The number of benzene rings is 2. The first kappa shape index (κ1) is 14.6. The molecule has 120 valence electrons. The molecule has 0 atom stereocenters. The van der Waals surface area contributed by atoms with E-state index in [2.05, 4.69) is 25.1 Å². The van der Waals surface area contributed by atoms with Gasteiger partial charge in [-0.05, 0) is 24.6 Å². The van der Waals surface area contributed by atoms with Gasteiger partial charge in [0.15, 0.2) is 5.58 Å². The number of rotatable bonds is 3. The Bertz CT molecular complexity index is 1060. The molecule has 4 rings (SSSR count). The highest BCUT2D eigenvalue weighted by molar-refractivity contribution is 6.06. The van der Waals surface area contributed by atoms with Crippen molar-refractivity contribution in [3.05, 3.63) is 71.4 Å². The van der Waals surface area contributed by atoms with E-state index in [-0.39, 0.29) is 5.97 Å². The summed E-state index contributed by atoms with van der Waals surface area (Å²) in [5.41, 5.74) is 5.25. The predicted molar refractivity (Wildman–Crippen MR) is 93.3 cm³/mol. The summed E-state index contributed by atoms with van der Waals surface area (Å²) in [5, 5.41) is 0.996. The molecule has 4 heteroatoms. The summed E-state index contributed by atoms with van der Waals surface area (Å²) in [4.78, 5) is 12.2. The second kappa shape index (κ2) is 5.57. The van der Waals surface area contributed by atoms with Crippen molar-refractivity contribution < 1.29 is 13.9 Å². The summed E-state index contributed by atoms with van der Waals surface area (Å²) >= 11 is 0. The van der Waals surface area contributed by atoms with Crippen LogP contribution in [0.3, 0.4) is 0 Å². The second-order valence-corrected chi connectivity index (χ2v) is 5.91. The molecule has 0 fully saturated rings. The lowest BCUT2D eigenvalue weighted by atomic mass is 10.1. The number of para-hydroxylation sites is 1. The van der Waals surface area contributed by atoms with Crippen LogP contribution in [0.15, 0.2) is 59.0 Å². The monoisotopic (exact) mass is 319 g/mol. The van der Waals surface area contributed by atoms with E-state index in [1.165, 1.54) is 12.7 Å². The van der Waals surface area contributed by atoms with Crippen molar-refractivity contribution in [2.45, 2.75) is 13.5 Å². The number of carbonyl (C=O) groups excluding carboxylic acids is 1. The average molecular weight is 319 g/mol. The largest absolute Gasteiger partial charge is 0.464 e. The number of ether oxygens (including phenoxy) is 1. The third-order valence-electron chi connectivity index (χ3n) is 4.24. The number of carbonyl (C=O) groups is 1. The molecule has 0 unspecified atom stereocenters. The van der Waals surface area contributed by atoms with E-state index in [1.807, 2.05) is 34.9 Å². The Morgan fingerprint density at radius 1 is 1.08 bits per heavy atom. The van der Waals surface area contributed by atoms with Gasteiger partial charge in [-0.15, -0.1) is 0 Å². The Hall–Kier alpha value is -3.01. The maximum Gasteiger partial charge on any atom is 0.354 e. The smallest absolute Gasteiger partial charge is 0.354 e. The zero-order chi connectivity index (χ0) is 16.7.